The van der Waals surface area contributed by atoms with E-state index in [1.54, 1.807) is 67.5 Å². The summed E-state index contributed by atoms with van der Waals surface area (Å²) in [6.07, 6.45) is 0. The number of methoxy groups -OCH3 is 3. The number of hydrogen-bond donors (Lipinski definition) is 1. The van der Waals surface area contributed by atoms with Crippen molar-refractivity contribution in [1.29, 1.82) is 0 Å². The van der Waals surface area contributed by atoms with Crippen molar-refractivity contribution in [1.82, 2.24) is 0 Å². The number of rotatable bonds is 2. The van der Waals surface area contributed by atoms with Crippen molar-refractivity contribution >= 4 is 142 Å². The quantitative estimate of drug-likeness (QED) is 0.336. The Bertz CT molecular complexity index is 747. The average Bonchev–Trinajstić information content (AvgIpc) is 2.66. The zero-order valence-corrected chi connectivity index (χ0v) is 28.0. The molecule has 7 nitrogen and oxygen atoms in total. The predicted octanol–water partition coefficient (Wildman–Crippen LogP) is 2.98. The lowest BCUT2D eigenvalue weighted by molar-refractivity contribution is -0.138. The van der Waals surface area contributed by atoms with Gasteiger partial charge in [0.25, 0.3) is 5.97 Å². The highest BCUT2D eigenvalue weighted by Gasteiger charge is 1.75. The Balaban J connectivity index is -0.0000000327. The Morgan fingerprint density at radius 2 is 0.853 bits per heavy atom. The number of Topliss-reactive ketones (excluding diaryl/α,β-unsaturated/α-hetero) is 1. The maximum absolute atomic E-state index is 9.59. The highest BCUT2D eigenvalue weighted by atomic mass is 33.4. The van der Waals surface area contributed by atoms with Gasteiger partial charge in [-0.25, -0.2) is 0 Å². The fourth-order valence-electron chi connectivity index (χ4n) is 0.186. The zero-order valence-electron chi connectivity index (χ0n) is 17.4. The molecule has 0 aliphatic carbocycles. The van der Waals surface area contributed by atoms with E-state index in [2.05, 4.69) is 59.0 Å². The monoisotopic (exact) mass is 732 g/mol. The van der Waals surface area contributed by atoms with Crippen LogP contribution in [0, 0.1) is 0 Å². The zero-order chi connectivity index (χ0) is 25.9. The molecule has 0 fully saturated rings. The van der Waals surface area contributed by atoms with Gasteiger partial charge in [0.05, 0.1) is 7.11 Å². The van der Waals surface area contributed by atoms with Crippen LogP contribution in [-0.2, 0) is 153 Å². The molecule has 0 aromatic heterocycles. The van der Waals surface area contributed by atoms with Gasteiger partial charge in [-0.1, -0.05) is 22.3 Å². The minimum atomic E-state index is -0.833. The standard InChI is InChI=1S/C3H8O2.C3H6O2.C3H6O.C2H4O2.3CH4.S10.S3/c1-4-3-5-2;1-3(4)5-2;1-3(2)4;1-2(3)4;;;;1-3-5-7-9-10-8-6-4-2;1-3-2/h3H2,1-2H3;1-2H3;1-2H3;1H3,(H,3,4);3*1H4;;. The van der Waals surface area contributed by atoms with E-state index < -0.39 is 5.97 Å². The first-order valence-electron chi connectivity index (χ1n) is 6.68. The summed E-state index contributed by atoms with van der Waals surface area (Å²) in [6, 6.07) is 0. The predicted molar refractivity (Wildman–Crippen MR) is 182 cm³/mol. The number of ether oxygens (including phenoxy) is 3. The van der Waals surface area contributed by atoms with Crippen molar-refractivity contribution in [2.24, 2.45) is 0 Å². The van der Waals surface area contributed by atoms with Crippen molar-refractivity contribution in [2.45, 2.75) is 50.0 Å². The molecule has 1 N–H and O–H groups in total. The van der Waals surface area contributed by atoms with Crippen molar-refractivity contribution in [3.63, 3.8) is 0 Å². The van der Waals surface area contributed by atoms with Crippen molar-refractivity contribution < 1.29 is 33.7 Å². The summed E-state index contributed by atoms with van der Waals surface area (Å²) in [5, 5.41) is 7.42. The Labute approximate surface area is 251 Å². The third-order valence-corrected chi connectivity index (χ3v) is 16.3. The third-order valence-electron chi connectivity index (χ3n) is 0.718. The molecule has 0 aliphatic heterocycles. The number of hydrogen-bond acceptors (Lipinski definition) is 10. The molecule has 212 valence electrons. The second kappa shape index (κ2) is 70.1. The minimum Gasteiger partial charge on any atom is -0.481 e. The molecule has 0 radical (unpaired) electrons. The van der Waals surface area contributed by atoms with E-state index in [4.69, 9.17) is 9.90 Å². The molecular formula is C14H36O7S13. The van der Waals surface area contributed by atoms with E-state index in [9.17, 15) is 9.59 Å². The van der Waals surface area contributed by atoms with Crippen LogP contribution in [0.25, 0.3) is 0 Å². The molecule has 0 atom stereocenters. The molecule has 0 rings (SSSR count). The summed E-state index contributed by atoms with van der Waals surface area (Å²) in [5.74, 6) is -0.912. The van der Waals surface area contributed by atoms with Crippen molar-refractivity contribution in [2.75, 3.05) is 28.1 Å². The highest BCUT2D eigenvalue weighted by Crippen LogP contribution is 1.60. The van der Waals surface area contributed by atoms with E-state index in [1.807, 2.05) is 0 Å². The molecule has 0 saturated carbocycles. The highest BCUT2D eigenvalue weighted by molar-refractivity contribution is 8.73. The van der Waals surface area contributed by atoms with Crippen LogP contribution in [0.1, 0.15) is 50.0 Å². The lowest BCUT2D eigenvalue weighted by Crippen LogP contribution is -1.88. The lowest BCUT2D eigenvalue weighted by atomic mass is 10.6. The molecule has 0 heterocycles. The topological polar surface area (TPSA) is 99.1 Å². The maximum Gasteiger partial charge on any atom is 0.302 e. The first-order valence-corrected chi connectivity index (χ1v) is 21.3. The Hall–Kier alpha value is 1.39. The second-order valence-electron chi connectivity index (χ2n) is 3.43. The summed E-state index contributed by atoms with van der Waals surface area (Å²) in [7, 11) is 18.1. The van der Waals surface area contributed by atoms with Crippen LogP contribution in [0.4, 0.5) is 0 Å². The molecule has 0 aromatic carbocycles. The van der Waals surface area contributed by atoms with Gasteiger partial charge in [-0.15, -0.1) is 0 Å². The Kier molecular flexibility index (Phi) is 124. The molecule has 0 bridgehead atoms. The molecule has 0 unspecified atom stereocenters. The van der Waals surface area contributed by atoms with E-state index >= 15 is 0 Å². The SMILES string of the molecule is C.C.C.CC(=O)O.CC(C)=O.COC(C)=O.COCOC.S=S=S.S=S=S=S=S=S=S=S=S=S. The summed E-state index contributed by atoms with van der Waals surface area (Å²) >= 11 is 17.6. The van der Waals surface area contributed by atoms with Crippen LogP contribution in [-0.4, -0.2) is 51.0 Å². The normalized spacial score (nSPS) is 6.09. The van der Waals surface area contributed by atoms with Crippen LogP contribution in [0.5, 0.6) is 0 Å². The van der Waals surface area contributed by atoms with Gasteiger partial charge in [0.2, 0.25) is 0 Å². The van der Waals surface area contributed by atoms with Crippen LogP contribution in [0.2, 0.25) is 0 Å². The number of ketones is 1. The van der Waals surface area contributed by atoms with Crippen LogP contribution in [0.15, 0.2) is 0 Å². The summed E-state index contributed by atoms with van der Waals surface area (Å²) in [4.78, 5) is 28.0. The molecule has 0 aromatic rings. The first-order chi connectivity index (χ1) is 14.5. The van der Waals surface area contributed by atoms with Gasteiger partial charge in [0, 0.05) is 153 Å². The van der Waals surface area contributed by atoms with Gasteiger partial charge in [-0.2, -0.15) is 0 Å². The third kappa shape index (κ3) is 228. The molecule has 20 heteroatoms. The summed E-state index contributed by atoms with van der Waals surface area (Å²) < 4.78 is 13.0. The van der Waals surface area contributed by atoms with Crippen LogP contribution < -0.4 is 0 Å². The molecule has 0 aliphatic rings. The van der Waals surface area contributed by atoms with Gasteiger partial charge < -0.3 is 24.1 Å². The molecule has 0 saturated heterocycles. The van der Waals surface area contributed by atoms with Gasteiger partial charge >= 0.3 is 5.97 Å². The molecule has 0 amide bonds. The van der Waals surface area contributed by atoms with Crippen LogP contribution in [0.3, 0.4) is 0 Å². The van der Waals surface area contributed by atoms with Crippen molar-refractivity contribution in [3.05, 3.63) is 0 Å². The Morgan fingerprint density at radius 1 is 0.676 bits per heavy atom. The number of aliphatic carboxylic acids is 1. The second-order valence-corrected chi connectivity index (χ2v) is 19.4. The smallest absolute Gasteiger partial charge is 0.302 e. The molecule has 0 spiro atoms. The average molecular weight is 733 g/mol. The first kappa shape index (κ1) is 60.1. The summed E-state index contributed by atoms with van der Waals surface area (Å²) in [5.41, 5.74) is 0. The van der Waals surface area contributed by atoms with Gasteiger partial charge in [0.15, 0.2) is 0 Å². The van der Waals surface area contributed by atoms with E-state index in [0.717, 1.165) is 15.8 Å². The largest absolute Gasteiger partial charge is 0.481 e. The number of carboxylic acids is 1. The molecule has 34 heavy (non-hydrogen) atoms. The number of esters is 1. The molecular weight excluding hydrogens is 697 g/mol. The van der Waals surface area contributed by atoms with E-state index in [1.165, 1.54) is 45.6 Å². The van der Waals surface area contributed by atoms with Gasteiger partial charge in [-0.3, -0.25) is 9.59 Å². The number of carboxylic acid groups (broad SMARTS) is 1. The Morgan fingerprint density at radius 3 is 0.941 bits per heavy atom. The number of carbonyl (C=O) groups is 3. The number of carbonyl (C=O) groups excluding carboxylic acids is 2. The maximum atomic E-state index is 9.59. The van der Waals surface area contributed by atoms with Crippen LogP contribution >= 0.6 is 0 Å². The fourth-order valence-corrected chi connectivity index (χ4v) is 16.7. The fraction of sp³-hybridized carbons (Fsp3) is 0.786. The van der Waals surface area contributed by atoms with E-state index in [0.29, 0.717) is 6.79 Å². The van der Waals surface area contributed by atoms with Gasteiger partial charge in [0.1, 0.15) is 12.6 Å². The lowest BCUT2D eigenvalue weighted by Gasteiger charge is -1.87. The van der Waals surface area contributed by atoms with Crippen molar-refractivity contribution in [3.8, 4) is 0 Å². The van der Waals surface area contributed by atoms with Gasteiger partial charge in [-0.05, 0) is 13.8 Å². The summed E-state index contributed by atoms with van der Waals surface area (Å²) in [6.45, 7) is 5.89. The van der Waals surface area contributed by atoms with E-state index in [-0.39, 0.29) is 34.0 Å². The minimum absolute atomic E-state index is 0.